The number of nitrogens with one attached hydrogen (secondary N) is 1. The molecule has 0 radical (unpaired) electrons. The van der Waals surface area contributed by atoms with Gasteiger partial charge in [-0.1, -0.05) is 6.07 Å². The summed E-state index contributed by atoms with van der Waals surface area (Å²) in [6.07, 6.45) is 4.97. The molecule has 0 fully saturated rings. The van der Waals surface area contributed by atoms with Gasteiger partial charge in [0.15, 0.2) is 0 Å². The standard InChI is InChI=1S/C14H16N4O/c1-18(2)13-4-3-11(9-16-13)10-17-14(19)12-5-7-15-8-6-12/h3-9H,10H2,1-2H3,(H,17,19). The molecule has 0 atom stereocenters. The van der Waals surface area contributed by atoms with Crippen molar-refractivity contribution in [3.63, 3.8) is 0 Å². The lowest BCUT2D eigenvalue weighted by atomic mass is 10.2. The second-order valence-electron chi connectivity index (χ2n) is 4.34. The molecule has 2 aromatic heterocycles. The molecule has 0 unspecified atom stereocenters. The minimum Gasteiger partial charge on any atom is -0.363 e. The van der Waals surface area contributed by atoms with E-state index in [1.807, 2.05) is 31.1 Å². The Kier molecular flexibility index (Phi) is 4.07. The summed E-state index contributed by atoms with van der Waals surface area (Å²) in [6, 6.07) is 7.24. The fourth-order valence-corrected chi connectivity index (χ4v) is 1.57. The summed E-state index contributed by atoms with van der Waals surface area (Å²) in [5, 5.41) is 2.84. The van der Waals surface area contributed by atoms with Gasteiger partial charge in [-0.3, -0.25) is 9.78 Å². The maximum absolute atomic E-state index is 11.8. The number of amides is 1. The number of carbonyl (C=O) groups excluding carboxylic acids is 1. The molecule has 0 bridgehead atoms. The van der Waals surface area contributed by atoms with Crippen LogP contribution in [0.1, 0.15) is 15.9 Å². The van der Waals surface area contributed by atoms with Crippen molar-refractivity contribution in [2.75, 3.05) is 19.0 Å². The number of aromatic nitrogens is 2. The van der Waals surface area contributed by atoms with Crippen LogP contribution in [0, 0.1) is 0 Å². The summed E-state index contributed by atoms with van der Waals surface area (Å²) in [5.41, 5.74) is 1.57. The number of carbonyl (C=O) groups is 1. The maximum Gasteiger partial charge on any atom is 0.251 e. The van der Waals surface area contributed by atoms with E-state index in [2.05, 4.69) is 15.3 Å². The fraction of sp³-hybridized carbons (Fsp3) is 0.214. The normalized spacial score (nSPS) is 10.0. The molecular formula is C14H16N4O. The summed E-state index contributed by atoms with van der Waals surface area (Å²) in [5.74, 6) is 0.781. The van der Waals surface area contributed by atoms with Gasteiger partial charge < -0.3 is 10.2 Å². The van der Waals surface area contributed by atoms with Gasteiger partial charge in [0.2, 0.25) is 0 Å². The van der Waals surface area contributed by atoms with Crippen LogP contribution in [0.3, 0.4) is 0 Å². The van der Waals surface area contributed by atoms with Gasteiger partial charge in [-0.15, -0.1) is 0 Å². The van der Waals surface area contributed by atoms with Crippen molar-refractivity contribution in [1.29, 1.82) is 0 Å². The first kappa shape index (κ1) is 13.0. The Morgan fingerprint density at radius 2 is 1.95 bits per heavy atom. The van der Waals surface area contributed by atoms with Crippen molar-refractivity contribution in [2.24, 2.45) is 0 Å². The molecule has 2 aromatic rings. The minimum atomic E-state index is -0.112. The molecule has 0 aliphatic rings. The summed E-state index contributed by atoms with van der Waals surface area (Å²) in [6.45, 7) is 0.460. The number of rotatable bonds is 4. The predicted molar refractivity (Wildman–Crippen MR) is 74.0 cm³/mol. The van der Waals surface area contributed by atoms with E-state index in [4.69, 9.17) is 0 Å². The highest BCUT2D eigenvalue weighted by Crippen LogP contribution is 2.07. The molecular weight excluding hydrogens is 240 g/mol. The first-order valence-corrected chi connectivity index (χ1v) is 5.97. The third-order valence-electron chi connectivity index (χ3n) is 2.66. The van der Waals surface area contributed by atoms with Crippen LogP contribution < -0.4 is 10.2 Å². The van der Waals surface area contributed by atoms with Gasteiger partial charge >= 0.3 is 0 Å². The van der Waals surface area contributed by atoms with Crippen LogP contribution in [0.5, 0.6) is 0 Å². The van der Waals surface area contributed by atoms with Gasteiger partial charge in [0.05, 0.1) is 0 Å². The molecule has 1 amide bonds. The van der Waals surface area contributed by atoms with Gasteiger partial charge in [0, 0.05) is 44.8 Å². The molecule has 1 N–H and O–H groups in total. The fourth-order valence-electron chi connectivity index (χ4n) is 1.57. The second-order valence-corrected chi connectivity index (χ2v) is 4.34. The first-order chi connectivity index (χ1) is 9.16. The SMILES string of the molecule is CN(C)c1ccc(CNC(=O)c2ccncc2)cn1. The van der Waals surface area contributed by atoms with Crippen molar-refractivity contribution in [3.05, 3.63) is 54.0 Å². The van der Waals surface area contributed by atoms with E-state index in [-0.39, 0.29) is 5.91 Å². The highest BCUT2D eigenvalue weighted by atomic mass is 16.1. The molecule has 0 aliphatic heterocycles. The summed E-state index contributed by atoms with van der Waals surface area (Å²) < 4.78 is 0. The zero-order valence-corrected chi connectivity index (χ0v) is 11.0. The smallest absolute Gasteiger partial charge is 0.251 e. The summed E-state index contributed by atoms with van der Waals surface area (Å²) >= 11 is 0. The first-order valence-electron chi connectivity index (χ1n) is 5.97. The number of pyridine rings is 2. The molecule has 5 heteroatoms. The van der Waals surface area contributed by atoms with Crippen LogP contribution in [-0.4, -0.2) is 30.0 Å². The number of nitrogens with zero attached hydrogens (tertiary/aromatic N) is 3. The van der Waals surface area contributed by atoms with E-state index in [1.54, 1.807) is 30.7 Å². The molecule has 19 heavy (non-hydrogen) atoms. The molecule has 0 saturated carbocycles. The number of anilines is 1. The molecule has 2 heterocycles. The van der Waals surface area contributed by atoms with Crippen molar-refractivity contribution >= 4 is 11.7 Å². The minimum absolute atomic E-state index is 0.112. The third kappa shape index (κ3) is 3.51. The monoisotopic (exact) mass is 256 g/mol. The lowest BCUT2D eigenvalue weighted by molar-refractivity contribution is 0.0951. The molecule has 0 saturated heterocycles. The quantitative estimate of drug-likeness (QED) is 0.900. The number of hydrogen-bond acceptors (Lipinski definition) is 4. The van der Waals surface area contributed by atoms with E-state index >= 15 is 0 Å². The van der Waals surface area contributed by atoms with Crippen molar-refractivity contribution < 1.29 is 4.79 Å². The Balaban J connectivity index is 1.94. The summed E-state index contributed by atoms with van der Waals surface area (Å²) in [4.78, 5) is 21.9. The van der Waals surface area contributed by atoms with Crippen molar-refractivity contribution in [2.45, 2.75) is 6.54 Å². The van der Waals surface area contributed by atoms with E-state index in [1.165, 1.54) is 0 Å². The predicted octanol–water partition coefficient (Wildman–Crippen LogP) is 1.47. The lowest BCUT2D eigenvalue weighted by Crippen LogP contribution is -2.22. The highest BCUT2D eigenvalue weighted by Gasteiger charge is 2.04. The molecule has 0 aliphatic carbocycles. The maximum atomic E-state index is 11.8. The third-order valence-corrected chi connectivity index (χ3v) is 2.66. The van der Waals surface area contributed by atoms with Gasteiger partial charge in [-0.05, 0) is 23.8 Å². The van der Waals surface area contributed by atoms with Crippen LogP contribution in [0.4, 0.5) is 5.82 Å². The largest absolute Gasteiger partial charge is 0.363 e. The van der Waals surface area contributed by atoms with Crippen LogP contribution in [0.25, 0.3) is 0 Å². The van der Waals surface area contributed by atoms with E-state index < -0.39 is 0 Å². The van der Waals surface area contributed by atoms with Gasteiger partial charge in [0.25, 0.3) is 5.91 Å². The lowest BCUT2D eigenvalue weighted by Gasteiger charge is -2.11. The molecule has 5 nitrogen and oxygen atoms in total. The van der Waals surface area contributed by atoms with Crippen LogP contribution >= 0.6 is 0 Å². The Morgan fingerprint density at radius 3 is 2.53 bits per heavy atom. The zero-order valence-electron chi connectivity index (χ0n) is 11.0. The Labute approximate surface area is 112 Å². The van der Waals surface area contributed by atoms with E-state index in [0.717, 1.165) is 11.4 Å². The average molecular weight is 256 g/mol. The Morgan fingerprint density at radius 1 is 1.21 bits per heavy atom. The Bertz CT molecular complexity index is 537. The molecule has 98 valence electrons. The van der Waals surface area contributed by atoms with Crippen LogP contribution in [0.15, 0.2) is 42.9 Å². The topological polar surface area (TPSA) is 58.1 Å². The highest BCUT2D eigenvalue weighted by molar-refractivity contribution is 5.93. The average Bonchev–Trinajstić information content (AvgIpc) is 2.46. The van der Waals surface area contributed by atoms with Crippen molar-refractivity contribution in [3.8, 4) is 0 Å². The molecule has 0 spiro atoms. The molecule has 0 aromatic carbocycles. The Hall–Kier alpha value is -2.43. The van der Waals surface area contributed by atoms with Gasteiger partial charge in [-0.25, -0.2) is 4.98 Å². The van der Waals surface area contributed by atoms with E-state index in [0.29, 0.717) is 12.1 Å². The van der Waals surface area contributed by atoms with Crippen molar-refractivity contribution in [1.82, 2.24) is 15.3 Å². The van der Waals surface area contributed by atoms with Crippen LogP contribution in [-0.2, 0) is 6.54 Å². The zero-order chi connectivity index (χ0) is 13.7. The van der Waals surface area contributed by atoms with E-state index in [9.17, 15) is 4.79 Å². The van der Waals surface area contributed by atoms with Gasteiger partial charge in [0.1, 0.15) is 5.82 Å². The van der Waals surface area contributed by atoms with Crippen LogP contribution in [0.2, 0.25) is 0 Å². The molecule has 2 rings (SSSR count). The second kappa shape index (κ2) is 5.95. The number of hydrogen-bond donors (Lipinski definition) is 1. The van der Waals surface area contributed by atoms with Gasteiger partial charge in [-0.2, -0.15) is 0 Å². The summed E-state index contributed by atoms with van der Waals surface area (Å²) in [7, 11) is 3.88.